The van der Waals surface area contributed by atoms with E-state index >= 15 is 0 Å². The van der Waals surface area contributed by atoms with E-state index in [1.165, 1.54) is 6.07 Å². The number of hydrogen-bond donors (Lipinski definition) is 1. The molecule has 0 amide bonds. The van der Waals surface area contributed by atoms with Crippen molar-refractivity contribution in [2.75, 3.05) is 6.54 Å². The molecule has 1 unspecified atom stereocenters. The van der Waals surface area contributed by atoms with Gasteiger partial charge in [-0.15, -0.1) is 11.8 Å². The maximum atomic E-state index is 13.8. The van der Waals surface area contributed by atoms with Crippen molar-refractivity contribution in [3.63, 3.8) is 0 Å². The first kappa shape index (κ1) is 14.0. The predicted octanol–water partition coefficient (Wildman–Crippen LogP) is 3.93. The SMILES string of the molecule is CC#CCCC(NCC)c1ccc(Cl)cc1F. The molecule has 0 fully saturated rings. The second kappa shape index (κ2) is 7.32. The molecule has 1 aromatic rings. The van der Waals surface area contributed by atoms with Crippen molar-refractivity contribution in [3.8, 4) is 11.8 Å². The van der Waals surface area contributed by atoms with Crippen LogP contribution in [-0.2, 0) is 0 Å². The van der Waals surface area contributed by atoms with Gasteiger partial charge in [0, 0.05) is 23.0 Å². The average Bonchev–Trinajstić information content (AvgIpc) is 2.28. The van der Waals surface area contributed by atoms with Crippen LogP contribution in [0.5, 0.6) is 0 Å². The molecule has 1 nitrogen and oxygen atoms in total. The van der Waals surface area contributed by atoms with E-state index in [-0.39, 0.29) is 11.9 Å². The van der Waals surface area contributed by atoms with E-state index in [9.17, 15) is 4.39 Å². The Hall–Kier alpha value is -1.04. The Morgan fingerprint density at radius 2 is 2.24 bits per heavy atom. The maximum Gasteiger partial charge on any atom is 0.129 e. The maximum absolute atomic E-state index is 13.8. The summed E-state index contributed by atoms with van der Waals surface area (Å²) < 4.78 is 13.8. The van der Waals surface area contributed by atoms with Gasteiger partial charge in [0.15, 0.2) is 0 Å². The summed E-state index contributed by atoms with van der Waals surface area (Å²) in [5, 5.41) is 3.69. The van der Waals surface area contributed by atoms with Crippen LogP contribution in [0.25, 0.3) is 0 Å². The van der Waals surface area contributed by atoms with E-state index in [0.717, 1.165) is 19.4 Å². The molecule has 17 heavy (non-hydrogen) atoms. The zero-order chi connectivity index (χ0) is 12.7. The Morgan fingerprint density at radius 3 is 2.82 bits per heavy atom. The molecule has 92 valence electrons. The molecule has 1 aromatic carbocycles. The zero-order valence-corrected chi connectivity index (χ0v) is 10.9. The van der Waals surface area contributed by atoms with Crippen molar-refractivity contribution in [3.05, 3.63) is 34.6 Å². The van der Waals surface area contributed by atoms with Crippen molar-refractivity contribution in [1.82, 2.24) is 5.32 Å². The van der Waals surface area contributed by atoms with Crippen molar-refractivity contribution < 1.29 is 4.39 Å². The Labute approximate surface area is 107 Å². The van der Waals surface area contributed by atoms with Gasteiger partial charge in [0.05, 0.1) is 0 Å². The van der Waals surface area contributed by atoms with E-state index < -0.39 is 0 Å². The number of nitrogens with one attached hydrogen (secondary N) is 1. The summed E-state index contributed by atoms with van der Waals surface area (Å²) in [6, 6.07) is 4.81. The molecule has 0 radical (unpaired) electrons. The predicted molar refractivity (Wildman–Crippen MR) is 70.5 cm³/mol. The lowest BCUT2D eigenvalue weighted by Crippen LogP contribution is -2.21. The van der Waals surface area contributed by atoms with E-state index in [2.05, 4.69) is 17.2 Å². The van der Waals surface area contributed by atoms with Crippen LogP contribution in [0.4, 0.5) is 4.39 Å². The Kier molecular flexibility index (Phi) is 6.04. The topological polar surface area (TPSA) is 12.0 Å². The van der Waals surface area contributed by atoms with Gasteiger partial charge in [-0.25, -0.2) is 4.39 Å². The van der Waals surface area contributed by atoms with E-state index in [1.54, 1.807) is 12.1 Å². The summed E-state index contributed by atoms with van der Waals surface area (Å²) in [5.74, 6) is 5.59. The molecule has 1 atom stereocenters. The molecular formula is C14H17ClFN. The largest absolute Gasteiger partial charge is 0.310 e. The highest BCUT2D eigenvalue weighted by molar-refractivity contribution is 6.30. The van der Waals surface area contributed by atoms with Crippen molar-refractivity contribution >= 4 is 11.6 Å². The third kappa shape index (κ3) is 4.38. The minimum Gasteiger partial charge on any atom is -0.310 e. The number of rotatable bonds is 5. The summed E-state index contributed by atoms with van der Waals surface area (Å²) in [5.41, 5.74) is 0.661. The molecule has 1 rings (SSSR count). The highest BCUT2D eigenvalue weighted by atomic mass is 35.5. The quantitative estimate of drug-likeness (QED) is 0.784. The molecule has 1 N–H and O–H groups in total. The lowest BCUT2D eigenvalue weighted by Gasteiger charge is -2.18. The molecule has 0 saturated heterocycles. The van der Waals surface area contributed by atoms with Gasteiger partial charge in [-0.1, -0.05) is 24.6 Å². The summed E-state index contributed by atoms with van der Waals surface area (Å²) in [6.45, 7) is 4.61. The zero-order valence-electron chi connectivity index (χ0n) is 10.2. The normalized spacial score (nSPS) is 11.8. The second-order valence-corrected chi connectivity index (χ2v) is 4.18. The molecule has 3 heteroatoms. The third-order valence-electron chi connectivity index (χ3n) is 2.52. The molecule has 0 aliphatic carbocycles. The summed E-state index contributed by atoms with van der Waals surface area (Å²) in [4.78, 5) is 0. The number of halogens is 2. The van der Waals surface area contributed by atoms with Crippen molar-refractivity contribution in [2.45, 2.75) is 32.7 Å². The van der Waals surface area contributed by atoms with Gasteiger partial charge in [0.25, 0.3) is 0 Å². The van der Waals surface area contributed by atoms with Crippen molar-refractivity contribution in [1.29, 1.82) is 0 Å². The van der Waals surface area contributed by atoms with Crippen LogP contribution in [0.2, 0.25) is 5.02 Å². The van der Waals surface area contributed by atoms with Gasteiger partial charge in [-0.2, -0.15) is 0 Å². The average molecular weight is 254 g/mol. The standard InChI is InChI=1S/C14H17ClFN/c1-3-5-6-7-14(17-4-2)12-9-8-11(15)10-13(12)16/h8-10,14,17H,4,6-7H2,1-2H3. The Bertz CT molecular complexity index is 420. The van der Waals surface area contributed by atoms with E-state index in [4.69, 9.17) is 11.6 Å². The first-order valence-corrected chi connectivity index (χ1v) is 6.14. The Balaban J connectivity index is 2.83. The summed E-state index contributed by atoms with van der Waals surface area (Å²) in [7, 11) is 0. The smallest absolute Gasteiger partial charge is 0.129 e. The second-order valence-electron chi connectivity index (χ2n) is 3.74. The van der Waals surface area contributed by atoms with Crippen LogP contribution in [0.1, 0.15) is 38.3 Å². The summed E-state index contributed by atoms with van der Waals surface area (Å²) in [6.07, 6.45) is 1.56. The molecule has 0 bridgehead atoms. The van der Waals surface area contributed by atoms with Crippen LogP contribution in [0, 0.1) is 17.7 Å². The highest BCUT2D eigenvalue weighted by Crippen LogP contribution is 2.23. The highest BCUT2D eigenvalue weighted by Gasteiger charge is 2.14. The van der Waals surface area contributed by atoms with Gasteiger partial charge in [0.1, 0.15) is 5.82 Å². The van der Waals surface area contributed by atoms with Crippen molar-refractivity contribution in [2.24, 2.45) is 0 Å². The van der Waals surface area contributed by atoms with Crippen LogP contribution in [0.15, 0.2) is 18.2 Å². The molecule has 0 spiro atoms. The van der Waals surface area contributed by atoms with E-state index in [0.29, 0.717) is 10.6 Å². The monoisotopic (exact) mass is 253 g/mol. The van der Waals surface area contributed by atoms with Crippen LogP contribution in [-0.4, -0.2) is 6.54 Å². The molecule has 0 aliphatic rings. The lowest BCUT2D eigenvalue weighted by atomic mass is 10.0. The fourth-order valence-electron chi connectivity index (χ4n) is 1.74. The van der Waals surface area contributed by atoms with Gasteiger partial charge in [-0.3, -0.25) is 0 Å². The van der Waals surface area contributed by atoms with Gasteiger partial charge in [0.2, 0.25) is 0 Å². The molecule has 0 aliphatic heterocycles. The van der Waals surface area contributed by atoms with Gasteiger partial charge >= 0.3 is 0 Å². The fourth-order valence-corrected chi connectivity index (χ4v) is 1.90. The van der Waals surface area contributed by atoms with E-state index in [1.807, 2.05) is 13.8 Å². The lowest BCUT2D eigenvalue weighted by molar-refractivity contribution is 0.490. The molecule has 0 heterocycles. The molecule has 0 aromatic heterocycles. The minimum atomic E-state index is -0.257. The third-order valence-corrected chi connectivity index (χ3v) is 2.76. The van der Waals surface area contributed by atoms with Crippen LogP contribution in [0.3, 0.4) is 0 Å². The number of benzene rings is 1. The van der Waals surface area contributed by atoms with Gasteiger partial charge < -0.3 is 5.32 Å². The van der Waals surface area contributed by atoms with Gasteiger partial charge in [-0.05, 0) is 32.0 Å². The Morgan fingerprint density at radius 1 is 1.47 bits per heavy atom. The number of hydrogen-bond acceptors (Lipinski definition) is 1. The molecule has 0 saturated carbocycles. The first-order chi connectivity index (χ1) is 8.19. The van der Waals surface area contributed by atoms with Crippen LogP contribution >= 0.6 is 11.6 Å². The molecular weight excluding hydrogens is 237 g/mol. The summed E-state index contributed by atoms with van der Waals surface area (Å²) >= 11 is 5.74. The van der Waals surface area contributed by atoms with Crippen LogP contribution < -0.4 is 5.32 Å². The minimum absolute atomic E-state index is 0.00174. The first-order valence-electron chi connectivity index (χ1n) is 5.77. The fraction of sp³-hybridized carbons (Fsp3) is 0.429.